The van der Waals surface area contributed by atoms with E-state index in [2.05, 4.69) is 19.2 Å². The van der Waals surface area contributed by atoms with E-state index in [-0.39, 0.29) is 6.42 Å². The van der Waals surface area contributed by atoms with E-state index in [4.69, 9.17) is 5.11 Å². The van der Waals surface area contributed by atoms with Crippen molar-refractivity contribution in [3.63, 3.8) is 0 Å². The summed E-state index contributed by atoms with van der Waals surface area (Å²) < 4.78 is 0. The first kappa shape index (κ1) is 15.7. The molecule has 0 spiro atoms. The predicted molar refractivity (Wildman–Crippen MR) is 78.2 cm³/mol. The minimum atomic E-state index is -0.774. The first-order chi connectivity index (χ1) is 9.09. The molecule has 106 valence electrons. The summed E-state index contributed by atoms with van der Waals surface area (Å²) in [6.07, 6.45) is 3.81. The number of carboxylic acids is 1. The van der Waals surface area contributed by atoms with Crippen molar-refractivity contribution in [3.05, 3.63) is 35.4 Å². The Morgan fingerprint density at radius 2 is 1.89 bits per heavy atom. The molecule has 1 aromatic carbocycles. The smallest absolute Gasteiger partial charge is 0.307 e. The molecule has 1 rings (SSSR count). The van der Waals surface area contributed by atoms with E-state index in [1.807, 2.05) is 24.3 Å². The Labute approximate surface area is 116 Å². The molecule has 0 aliphatic carbocycles. The van der Waals surface area contributed by atoms with E-state index in [9.17, 15) is 4.79 Å². The predicted octanol–water partition coefficient (Wildman–Crippen LogP) is 3.23. The summed E-state index contributed by atoms with van der Waals surface area (Å²) in [4.78, 5) is 10.8. The molecule has 0 saturated heterocycles. The van der Waals surface area contributed by atoms with Gasteiger partial charge in [0.25, 0.3) is 0 Å². The number of unbranched alkanes of at least 4 members (excludes halogenated alkanes) is 1. The highest BCUT2D eigenvalue weighted by Gasteiger charge is 2.05. The zero-order chi connectivity index (χ0) is 14.1. The molecule has 0 aliphatic heterocycles. The highest BCUT2D eigenvalue weighted by Crippen LogP contribution is 2.10. The van der Waals surface area contributed by atoms with Crippen LogP contribution in [0.2, 0.25) is 0 Å². The Kier molecular flexibility index (Phi) is 7.19. The molecule has 0 saturated carbocycles. The van der Waals surface area contributed by atoms with Crippen LogP contribution < -0.4 is 5.32 Å². The number of benzene rings is 1. The minimum absolute atomic E-state index is 0.102. The van der Waals surface area contributed by atoms with Crippen LogP contribution in [0.5, 0.6) is 0 Å². The van der Waals surface area contributed by atoms with Gasteiger partial charge in [-0.25, -0.2) is 0 Å². The van der Waals surface area contributed by atoms with Gasteiger partial charge in [0.05, 0.1) is 6.42 Å². The van der Waals surface area contributed by atoms with Crippen LogP contribution in [-0.2, 0) is 17.8 Å². The third kappa shape index (κ3) is 6.97. The van der Waals surface area contributed by atoms with Crippen LogP contribution in [0.3, 0.4) is 0 Å². The Bertz CT molecular complexity index is 388. The molecular weight excluding hydrogens is 238 g/mol. The molecule has 3 heteroatoms. The summed E-state index contributed by atoms with van der Waals surface area (Å²) in [5.41, 5.74) is 2.00. The maximum atomic E-state index is 10.8. The first-order valence-electron chi connectivity index (χ1n) is 7.09. The lowest BCUT2D eigenvalue weighted by atomic mass is 10.0. The topological polar surface area (TPSA) is 49.3 Å². The van der Waals surface area contributed by atoms with Crippen LogP contribution in [-0.4, -0.2) is 17.6 Å². The molecular formula is C16H25NO2. The number of hydrogen-bond donors (Lipinski definition) is 2. The fourth-order valence-corrected chi connectivity index (χ4v) is 2.09. The Morgan fingerprint density at radius 1 is 1.21 bits per heavy atom. The summed E-state index contributed by atoms with van der Waals surface area (Å²) in [6.45, 7) is 6.24. The van der Waals surface area contributed by atoms with E-state index in [1.54, 1.807) is 0 Å². The van der Waals surface area contributed by atoms with E-state index in [1.165, 1.54) is 19.3 Å². The number of rotatable bonds is 9. The van der Waals surface area contributed by atoms with E-state index >= 15 is 0 Å². The normalized spacial score (nSPS) is 10.9. The van der Waals surface area contributed by atoms with Gasteiger partial charge in [0.1, 0.15) is 0 Å². The van der Waals surface area contributed by atoms with E-state index in [0.29, 0.717) is 0 Å². The first-order valence-corrected chi connectivity index (χ1v) is 7.09. The Balaban J connectivity index is 2.30. The van der Waals surface area contributed by atoms with Gasteiger partial charge in [0.2, 0.25) is 0 Å². The van der Waals surface area contributed by atoms with Crippen molar-refractivity contribution >= 4 is 5.97 Å². The van der Waals surface area contributed by atoms with Gasteiger partial charge in [0.15, 0.2) is 0 Å². The molecule has 2 N–H and O–H groups in total. The lowest BCUT2D eigenvalue weighted by molar-refractivity contribution is -0.136. The third-order valence-corrected chi connectivity index (χ3v) is 3.16. The lowest BCUT2D eigenvalue weighted by Gasteiger charge is -2.09. The van der Waals surface area contributed by atoms with Gasteiger partial charge in [-0.1, -0.05) is 51.0 Å². The van der Waals surface area contributed by atoms with Gasteiger partial charge in [-0.05, 0) is 30.0 Å². The van der Waals surface area contributed by atoms with Crippen LogP contribution in [0, 0.1) is 5.92 Å². The van der Waals surface area contributed by atoms with Crippen molar-refractivity contribution in [2.75, 3.05) is 6.54 Å². The molecule has 0 aromatic heterocycles. The maximum absolute atomic E-state index is 10.8. The molecule has 0 heterocycles. The van der Waals surface area contributed by atoms with Gasteiger partial charge in [-0.2, -0.15) is 0 Å². The van der Waals surface area contributed by atoms with Crippen LogP contribution >= 0.6 is 0 Å². The largest absolute Gasteiger partial charge is 0.481 e. The minimum Gasteiger partial charge on any atom is -0.481 e. The second kappa shape index (κ2) is 8.70. The van der Waals surface area contributed by atoms with Crippen molar-refractivity contribution in [2.45, 2.75) is 46.1 Å². The van der Waals surface area contributed by atoms with Gasteiger partial charge in [0, 0.05) is 6.54 Å². The fourth-order valence-electron chi connectivity index (χ4n) is 2.09. The summed E-state index contributed by atoms with van der Waals surface area (Å²) in [5.74, 6) is 0.000626. The number of nitrogens with one attached hydrogen (secondary N) is 1. The lowest BCUT2D eigenvalue weighted by Crippen LogP contribution is -2.16. The van der Waals surface area contributed by atoms with Gasteiger partial charge < -0.3 is 10.4 Å². The molecule has 0 bridgehead atoms. The quantitative estimate of drug-likeness (QED) is 0.672. The van der Waals surface area contributed by atoms with Gasteiger partial charge >= 0.3 is 5.97 Å². The molecule has 0 unspecified atom stereocenters. The van der Waals surface area contributed by atoms with E-state index in [0.717, 1.165) is 30.1 Å². The maximum Gasteiger partial charge on any atom is 0.307 e. The summed E-state index contributed by atoms with van der Waals surface area (Å²) in [5, 5.41) is 12.3. The molecule has 0 atom stereocenters. The zero-order valence-corrected chi connectivity index (χ0v) is 12.0. The molecule has 0 amide bonds. The zero-order valence-electron chi connectivity index (χ0n) is 12.0. The van der Waals surface area contributed by atoms with E-state index < -0.39 is 5.97 Å². The number of carboxylic acid groups (broad SMARTS) is 1. The van der Waals surface area contributed by atoms with Crippen LogP contribution in [0.4, 0.5) is 0 Å². The second-order valence-corrected chi connectivity index (χ2v) is 5.41. The average molecular weight is 263 g/mol. The number of hydrogen-bond acceptors (Lipinski definition) is 2. The molecule has 3 nitrogen and oxygen atoms in total. The number of carbonyl (C=O) groups is 1. The van der Waals surface area contributed by atoms with Crippen LogP contribution in [0.1, 0.15) is 44.2 Å². The summed E-state index contributed by atoms with van der Waals surface area (Å²) >= 11 is 0. The highest BCUT2D eigenvalue weighted by atomic mass is 16.4. The van der Waals surface area contributed by atoms with Crippen molar-refractivity contribution in [1.29, 1.82) is 0 Å². The standard InChI is InChI=1S/C16H25NO2/c1-13(2)7-5-6-10-17-12-15-9-4-3-8-14(15)11-16(18)19/h3-4,8-9,13,17H,5-7,10-12H2,1-2H3,(H,18,19). The van der Waals surface area contributed by atoms with Gasteiger partial charge in [-0.15, -0.1) is 0 Å². The number of aliphatic carboxylic acids is 1. The van der Waals surface area contributed by atoms with Crippen molar-refractivity contribution < 1.29 is 9.90 Å². The van der Waals surface area contributed by atoms with Gasteiger partial charge in [-0.3, -0.25) is 4.79 Å². The second-order valence-electron chi connectivity index (χ2n) is 5.41. The molecule has 0 fully saturated rings. The van der Waals surface area contributed by atoms with Crippen LogP contribution in [0.15, 0.2) is 24.3 Å². The van der Waals surface area contributed by atoms with Crippen molar-refractivity contribution in [3.8, 4) is 0 Å². The molecule has 1 aromatic rings. The Morgan fingerprint density at radius 3 is 2.53 bits per heavy atom. The SMILES string of the molecule is CC(C)CCCCNCc1ccccc1CC(=O)O. The molecule has 0 aliphatic rings. The molecule has 0 radical (unpaired) electrons. The van der Waals surface area contributed by atoms with Crippen molar-refractivity contribution in [2.24, 2.45) is 5.92 Å². The van der Waals surface area contributed by atoms with Crippen molar-refractivity contribution in [1.82, 2.24) is 5.32 Å². The van der Waals surface area contributed by atoms with Crippen LogP contribution in [0.25, 0.3) is 0 Å². The Hall–Kier alpha value is -1.35. The fraction of sp³-hybridized carbons (Fsp3) is 0.562. The molecule has 19 heavy (non-hydrogen) atoms. The summed E-state index contributed by atoms with van der Waals surface area (Å²) in [6, 6.07) is 7.74. The highest BCUT2D eigenvalue weighted by molar-refractivity contribution is 5.70. The summed E-state index contributed by atoms with van der Waals surface area (Å²) in [7, 11) is 0. The third-order valence-electron chi connectivity index (χ3n) is 3.16. The average Bonchev–Trinajstić information content (AvgIpc) is 2.34. The monoisotopic (exact) mass is 263 g/mol.